The zero-order chi connectivity index (χ0) is 12.4. The molecule has 1 aromatic heterocycles. The summed E-state index contributed by atoms with van der Waals surface area (Å²) in [5.74, 6) is 0. The molecule has 96 valence electrons. The predicted octanol–water partition coefficient (Wildman–Crippen LogP) is 3.62. The van der Waals surface area contributed by atoms with Gasteiger partial charge in [0.2, 0.25) is 0 Å². The Balaban J connectivity index is 1.76. The molecule has 0 amide bonds. The van der Waals surface area contributed by atoms with E-state index in [1.165, 1.54) is 48.6 Å². The van der Waals surface area contributed by atoms with Crippen molar-refractivity contribution in [3.8, 4) is 0 Å². The number of benzene rings is 1. The van der Waals surface area contributed by atoms with Crippen molar-refractivity contribution in [1.29, 1.82) is 0 Å². The van der Waals surface area contributed by atoms with Crippen molar-refractivity contribution < 1.29 is 0 Å². The Hall–Kier alpha value is -1.28. The number of hydrogen-bond donors (Lipinski definition) is 2. The molecule has 0 unspecified atom stereocenters. The third-order valence-electron chi connectivity index (χ3n) is 4.70. The first-order valence-corrected chi connectivity index (χ1v) is 7.08. The Labute approximate surface area is 109 Å². The van der Waals surface area contributed by atoms with E-state index in [4.69, 9.17) is 5.73 Å². The predicted molar refractivity (Wildman–Crippen MR) is 76.6 cm³/mol. The van der Waals surface area contributed by atoms with Gasteiger partial charge in [0.25, 0.3) is 0 Å². The second-order valence-corrected chi connectivity index (χ2v) is 5.77. The molecule has 1 aliphatic rings. The van der Waals surface area contributed by atoms with Gasteiger partial charge < -0.3 is 10.7 Å². The summed E-state index contributed by atoms with van der Waals surface area (Å²) in [7, 11) is 0. The first-order chi connectivity index (χ1) is 8.83. The van der Waals surface area contributed by atoms with E-state index in [1.807, 2.05) is 0 Å². The van der Waals surface area contributed by atoms with Gasteiger partial charge >= 0.3 is 0 Å². The monoisotopic (exact) mass is 242 g/mol. The first-order valence-electron chi connectivity index (χ1n) is 7.08. The third-order valence-corrected chi connectivity index (χ3v) is 4.70. The van der Waals surface area contributed by atoms with Gasteiger partial charge in [0, 0.05) is 17.1 Å². The van der Waals surface area contributed by atoms with E-state index >= 15 is 0 Å². The Morgan fingerprint density at radius 2 is 1.94 bits per heavy atom. The van der Waals surface area contributed by atoms with Crippen molar-refractivity contribution in [1.82, 2.24) is 4.98 Å². The number of hydrogen-bond acceptors (Lipinski definition) is 1. The SMILES string of the molecule is NCC1(CCc2c[nH]c3ccccc23)CCCC1. The maximum atomic E-state index is 6.01. The quantitative estimate of drug-likeness (QED) is 0.844. The molecule has 18 heavy (non-hydrogen) atoms. The van der Waals surface area contributed by atoms with Gasteiger partial charge in [-0.05, 0) is 49.3 Å². The lowest BCUT2D eigenvalue weighted by Crippen LogP contribution is -2.27. The molecule has 2 nitrogen and oxygen atoms in total. The molecule has 1 aliphatic carbocycles. The maximum Gasteiger partial charge on any atom is 0.0456 e. The number of para-hydroxylation sites is 1. The Kier molecular flexibility index (Phi) is 3.13. The lowest BCUT2D eigenvalue weighted by molar-refractivity contribution is 0.283. The zero-order valence-electron chi connectivity index (χ0n) is 10.9. The molecule has 0 spiro atoms. The first kappa shape index (κ1) is 11.8. The van der Waals surface area contributed by atoms with Crippen molar-refractivity contribution in [2.24, 2.45) is 11.1 Å². The van der Waals surface area contributed by atoms with Crippen LogP contribution in [0.25, 0.3) is 10.9 Å². The van der Waals surface area contributed by atoms with Gasteiger partial charge in [-0.3, -0.25) is 0 Å². The molecular weight excluding hydrogens is 220 g/mol. The van der Waals surface area contributed by atoms with E-state index in [9.17, 15) is 0 Å². The summed E-state index contributed by atoms with van der Waals surface area (Å²) in [6, 6.07) is 8.56. The molecule has 0 atom stereocenters. The van der Waals surface area contributed by atoms with Crippen molar-refractivity contribution >= 4 is 10.9 Å². The van der Waals surface area contributed by atoms with Crippen molar-refractivity contribution in [2.75, 3.05) is 6.54 Å². The van der Waals surface area contributed by atoms with E-state index in [-0.39, 0.29) is 0 Å². The standard InChI is InChI=1S/C16H22N2/c17-12-16(8-3-4-9-16)10-7-13-11-18-15-6-2-1-5-14(13)15/h1-2,5-6,11,18H,3-4,7-10,12,17H2. The van der Waals surface area contributed by atoms with E-state index < -0.39 is 0 Å². The van der Waals surface area contributed by atoms with Crippen LogP contribution >= 0.6 is 0 Å². The average Bonchev–Trinajstić information content (AvgIpc) is 3.04. The van der Waals surface area contributed by atoms with Gasteiger partial charge in [0.1, 0.15) is 0 Å². The van der Waals surface area contributed by atoms with Crippen molar-refractivity contribution in [3.05, 3.63) is 36.0 Å². The molecule has 1 aromatic carbocycles. The summed E-state index contributed by atoms with van der Waals surface area (Å²) in [4.78, 5) is 3.36. The Bertz CT molecular complexity index is 521. The number of nitrogens with two attached hydrogens (primary N) is 1. The van der Waals surface area contributed by atoms with Crippen molar-refractivity contribution in [2.45, 2.75) is 38.5 Å². The lowest BCUT2D eigenvalue weighted by Gasteiger charge is -2.26. The minimum Gasteiger partial charge on any atom is -0.361 e. The number of rotatable bonds is 4. The van der Waals surface area contributed by atoms with Crippen LogP contribution in [0.1, 0.15) is 37.7 Å². The topological polar surface area (TPSA) is 41.8 Å². The number of aromatic amines is 1. The molecule has 0 saturated heterocycles. The third kappa shape index (κ3) is 2.05. The van der Waals surface area contributed by atoms with Crippen LogP contribution < -0.4 is 5.73 Å². The summed E-state index contributed by atoms with van der Waals surface area (Å²) in [5.41, 5.74) is 9.14. The molecule has 1 heterocycles. The molecule has 0 aliphatic heterocycles. The minimum absolute atomic E-state index is 0.429. The fourth-order valence-corrected chi connectivity index (χ4v) is 3.42. The molecule has 3 N–H and O–H groups in total. The second kappa shape index (κ2) is 4.77. The Morgan fingerprint density at radius 1 is 1.17 bits per heavy atom. The molecule has 1 saturated carbocycles. The minimum atomic E-state index is 0.429. The molecule has 2 heteroatoms. The highest BCUT2D eigenvalue weighted by Gasteiger charge is 2.31. The molecular formula is C16H22N2. The van der Waals surface area contributed by atoms with Gasteiger partial charge in [0.15, 0.2) is 0 Å². The van der Waals surface area contributed by atoms with Crippen LogP contribution in [-0.2, 0) is 6.42 Å². The van der Waals surface area contributed by atoms with E-state index in [2.05, 4.69) is 35.4 Å². The van der Waals surface area contributed by atoms with E-state index in [0.717, 1.165) is 13.0 Å². The summed E-state index contributed by atoms with van der Waals surface area (Å²) in [6.45, 7) is 0.857. The molecule has 1 fully saturated rings. The number of fused-ring (bicyclic) bond motifs is 1. The van der Waals surface area contributed by atoms with Crippen LogP contribution in [0.15, 0.2) is 30.5 Å². The van der Waals surface area contributed by atoms with Gasteiger partial charge in [-0.1, -0.05) is 31.0 Å². The Morgan fingerprint density at radius 3 is 2.72 bits per heavy atom. The van der Waals surface area contributed by atoms with E-state index in [0.29, 0.717) is 5.41 Å². The van der Waals surface area contributed by atoms with Gasteiger partial charge in [-0.2, -0.15) is 0 Å². The van der Waals surface area contributed by atoms with Gasteiger partial charge in [-0.25, -0.2) is 0 Å². The number of aromatic nitrogens is 1. The largest absolute Gasteiger partial charge is 0.361 e. The number of aryl methyl sites for hydroxylation is 1. The van der Waals surface area contributed by atoms with Crippen LogP contribution in [-0.4, -0.2) is 11.5 Å². The highest BCUT2D eigenvalue weighted by atomic mass is 14.7. The number of H-pyrrole nitrogens is 1. The highest BCUT2D eigenvalue weighted by molar-refractivity contribution is 5.82. The molecule has 0 bridgehead atoms. The summed E-state index contributed by atoms with van der Waals surface area (Å²) < 4.78 is 0. The van der Waals surface area contributed by atoms with Gasteiger partial charge in [0.05, 0.1) is 0 Å². The normalized spacial score (nSPS) is 18.5. The highest BCUT2D eigenvalue weighted by Crippen LogP contribution is 2.41. The lowest BCUT2D eigenvalue weighted by atomic mass is 9.80. The fourth-order valence-electron chi connectivity index (χ4n) is 3.42. The summed E-state index contributed by atoms with van der Waals surface area (Å²) in [5, 5.41) is 1.38. The smallest absolute Gasteiger partial charge is 0.0456 e. The molecule has 3 rings (SSSR count). The fraction of sp³-hybridized carbons (Fsp3) is 0.500. The zero-order valence-corrected chi connectivity index (χ0v) is 10.9. The number of nitrogens with one attached hydrogen (secondary N) is 1. The van der Waals surface area contributed by atoms with Crippen LogP contribution in [0, 0.1) is 5.41 Å². The maximum absolute atomic E-state index is 6.01. The van der Waals surface area contributed by atoms with Crippen LogP contribution in [0.4, 0.5) is 0 Å². The molecule has 0 radical (unpaired) electrons. The van der Waals surface area contributed by atoms with Gasteiger partial charge in [-0.15, -0.1) is 0 Å². The average molecular weight is 242 g/mol. The van der Waals surface area contributed by atoms with Crippen LogP contribution in [0.2, 0.25) is 0 Å². The van der Waals surface area contributed by atoms with Crippen LogP contribution in [0.3, 0.4) is 0 Å². The summed E-state index contributed by atoms with van der Waals surface area (Å²) in [6.07, 6.45) is 9.95. The molecule has 2 aromatic rings. The van der Waals surface area contributed by atoms with Crippen LogP contribution in [0.5, 0.6) is 0 Å². The second-order valence-electron chi connectivity index (χ2n) is 5.77. The van der Waals surface area contributed by atoms with Crippen molar-refractivity contribution in [3.63, 3.8) is 0 Å². The summed E-state index contributed by atoms with van der Waals surface area (Å²) >= 11 is 0. The van der Waals surface area contributed by atoms with E-state index in [1.54, 1.807) is 0 Å².